The molecule has 0 aromatic heterocycles. The third-order valence-corrected chi connectivity index (χ3v) is 2.31. The standard InChI is InChI=1S/C11H13NO5/c1-3-17-10(13)11(2,14)8-4-6-9(7-5-8)12(15)16/h4-7,14H,3H2,1-2H3. The molecule has 0 amide bonds. The number of rotatable bonds is 4. The van der Waals surface area contributed by atoms with Gasteiger partial charge in [-0.15, -0.1) is 0 Å². The number of non-ortho nitro benzene ring substituents is 1. The lowest BCUT2D eigenvalue weighted by Gasteiger charge is -2.21. The van der Waals surface area contributed by atoms with Gasteiger partial charge in [-0.1, -0.05) is 0 Å². The number of nitro groups is 1. The molecule has 1 unspecified atom stereocenters. The first kappa shape index (κ1) is 13.1. The van der Waals surface area contributed by atoms with Crippen LogP contribution < -0.4 is 0 Å². The van der Waals surface area contributed by atoms with E-state index in [1.807, 2.05) is 0 Å². The largest absolute Gasteiger partial charge is 0.464 e. The first-order valence-corrected chi connectivity index (χ1v) is 5.04. The van der Waals surface area contributed by atoms with E-state index in [-0.39, 0.29) is 17.9 Å². The van der Waals surface area contributed by atoms with Gasteiger partial charge in [-0.3, -0.25) is 10.1 Å². The third kappa shape index (κ3) is 2.79. The van der Waals surface area contributed by atoms with E-state index in [4.69, 9.17) is 4.74 Å². The zero-order chi connectivity index (χ0) is 13.1. The van der Waals surface area contributed by atoms with Gasteiger partial charge in [0.2, 0.25) is 0 Å². The molecule has 92 valence electrons. The number of hydrogen-bond donors (Lipinski definition) is 1. The first-order valence-electron chi connectivity index (χ1n) is 5.04. The maximum Gasteiger partial charge on any atom is 0.342 e. The van der Waals surface area contributed by atoms with Crippen molar-refractivity contribution in [3.05, 3.63) is 39.9 Å². The summed E-state index contributed by atoms with van der Waals surface area (Å²) in [6, 6.07) is 5.11. The molecule has 0 fully saturated rings. The minimum Gasteiger partial charge on any atom is -0.464 e. The number of aliphatic hydroxyl groups is 1. The molecule has 0 saturated heterocycles. The van der Waals surface area contributed by atoms with Crippen LogP contribution in [0.25, 0.3) is 0 Å². The van der Waals surface area contributed by atoms with Gasteiger partial charge in [0.1, 0.15) is 0 Å². The highest BCUT2D eigenvalue weighted by atomic mass is 16.6. The normalized spacial score (nSPS) is 13.8. The Hall–Kier alpha value is -1.95. The molecule has 0 aliphatic rings. The van der Waals surface area contributed by atoms with Crippen LogP contribution >= 0.6 is 0 Å². The van der Waals surface area contributed by atoms with E-state index in [1.54, 1.807) is 6.92 Å². The van der Waals surface area contributed by atoms with Crippen LogP contribution in [0.15, 0.2) is 24.3 Å². The van der Waals surface area contributed by atoms with Crippen molar-refractivity contribution in [2.45, 2.75) is 19.4 Å². The Morgan fingerprint density at radius 2 is 2.00 bits per heavy atom. The van der Waals surface area contributed by atoms with Crippen molar-refractivity contribution in [2.75, 3.05) is 6.61 Å². The van der Waals surface area contributed by atoms with Crippen molar-refractivity contribution >= 4 is 11.7 Å². The van der Waals surface area contributed by atoms with Gasteiger partial charge < -0.3 is 9.84 Å². The van der Waals surface area contributed by atoms with Crippen molar-refractivity contribution in [2.24, 2.45) is 0 Å². The molecular formula is C11H13NO5. The smallest absolute Gasteiger partial charge is 0.342 e. The van der Waals surface area contributed by atoms with E-state index in [1.165, 1.54) is 31.2 Å². The minimum absolute atomic E-state index is 0.103. The number of nitrogens with zero attached hydrogens (tertiary/aromatic N) is 1. The second-order valence-corrected chi connectivity index (χ2v) is 3.60. The zero-order valence-corrected chi connectivity index (χ0v) is 9.54. The Balaban J connectivity index is 2.99. The predicted octanol–water partition coefficient (Wildman–Crippen LogP) is 1.37. The lowest BCUT2D eigenvalue weighted by Crippen LogP contribution is -2.34. The Morgan fingerprint density at radius 3 is 2.41 bits per heavy atom. The molecule has 1 aromatic carbocycles. The molecule has 0 bridgehead atoms. The molecule has 0 aliphatic carbocycles. The molecule has 0 saturated carbocycles. The van der Waals surface area contributed by atoms with Gasteiger partial charge in [-0.25, -0.2) is 4.79 Å². The van der Waals surface area contributed by atoms with E-state index in [9.17, 15) is 20.0 Å². The Bertz CT molecular complexity index is 424. The number of benzene rings is 1. The summed E-state index contributed by atoms with van der Waals surface area (Å²) in [5.41, 5.74) is -1.65. The lowest BCUT2D eigenvalue weighted by molar-refractivity contribution is -0.384. The number of carbonyl (C=O) groups excluding carboxylic acids is 1. The highest BCUT2D eigenvalue weighted by molar-refractivity contribution is 5.80. The lowest BCUT2D eigenvalue weighted by atomic mass is 9.96. The molecular weight excluding hydrogens is 226 g/mol. The summed E-state index contributed by atoms with van der Waals surface area (Å²) in [6.07, 6.45) is 0. The van der Waals surface area contributed by atoms with Crippen LogP contribution in [0.2, 0.25) is 0 Å². The zero-order valence-electron chi connectivity index (χ0n) is 9.54. The summed E-state index contributed by atoms with van der Waals surface area (Å²) in [5, 5.41) is 20.4. The van der Waals surface area contributed by atoms with Crippen molar-refractivity contribution in [3.63, 3.8) is 0 Å². The second kappa shape index (κ2) is 4.92. The minimum atomic E-state index is -1.80. The Labute approximate surface area is 98.0 Å². The summed E-state index contributed by atoms with van der Waals surface area (Å²) in [6.45, 7) is 3.07. The molecule has 0 aliphatic heterocycles. The van der Waals surface area contributed by atoms with Crippen LogP contribution in [0.5, 0.6) is 0 Å². The van der Waals surface area contributed by atoms with Crippen molar-refractivity contribution in [1.82, 2.24) is 0 Å². The molecule has 0 heterocycles. The van der Waals surface area contributed by atoms with Crippen LogP contribution in [-0.2, 0) is 15.1 Å². The molecule has 0 spiro atoms. The topological polar surface area (TPSA) is 89.7 Å². The van der Waals surface area contributed by atoms with Gasteiger partial charge in [-0.05, 0) is 31.5 Å². The van der Waals surface area contributed by atoms with Crippen LogP contribution in [0, 0.1) is 10.1 Å². The molecule has 0 radical (unpaired) electrons. The fourth-order valence-corrected chi connectivity index (χ4v) is 1.30. The summed E-state index contributed by atoms with van der Waals surface area (Å²) in [7, 11) is 0. The fraction of sp³-hybridized carbons (Fsp3) is 0.364. The molecule has 6 nitrogen and oxygen atoms in total. The fourth-order valence-electron chi connectivity index (χ4n) is 1.30. The highest BCUT2D eigenvalue weighted by Gasteiger charge is 2.34. The van der Waals surface area contributed by atoms with Crippen LogP contribution in [0.1, 0.15) is 19.4 Å². The summed E-state index contributed by atoms with van der Waals surface area (Å²) in [5.74, 6) is -0.783. The van der Waals surface area contributed by atoms with Gasteiger partial charge in [-0.2, -0.15) is 0 Å². The summed E-state index contributed by atoms with van der Waals surface area (Å²) < 4.78 is 4.72. The monoisotopic (exact) mass is 239 g/mol. The number of hydrogen-bond acceptors (Lipinski definition) is 5. The highest BCUT2D eigenvalue weighted by Crippen LogP contribution is 2.24. The summed E-state index contributed by atoms with van der Waals surface area (Å²) in [4.78, 5) is 21.4. The van der Waals surface area contributed by atoms with Gasteiger partial charge >= 0.3 is 5.97 Å². The van der Waals surface area contributed by atoms with Gasteiger partial charge in [0.15, 0.2) is 5.60 Å². The molecule has 6 heteroatoms. The average Bonchev–Trinajstić information content (AvgIpc) is 2.29. The molecule has 1 N–H and O–H groups in total. The molecule has 17 heavy (non-hydrogen) atoms. The van der Waals surface area contributed by atoms with Crippen molar-refractivity contribution in [1.29, 1.82) is 0 Å². The predicted molar refractivity (Wildman–Crippen MR) is 59.3 cm³/mol. The Kier molecular flexibility index (Phi) is 3.80. The van der Waals surface area contributed by atoms with E-state index >= 15 is 0 Å². The van der Waals surface area contributed by atoms with Crippen molar-refractivity contribution in [3.8, 4) is 0 Å². The quantitative estimate of drug-likeness (QED) is 0.486. The first-order chi connectivity index (χ1) is 7.89. The van der Waals surface area contributed by atoms with E-state index in [0.29, 0.717) is 0 Å². The number of ether oxygens (including phenoxy) is 1. The van der Waals surface area contributed by atoms with Crippen LogP contribution in [0.4, 0.5) is 5.69 Å². The third-order valence-electron chi connectivity index (χ3n) is 2.31. The molecule has 1 aromatic rings. The van der Waals surface area contributed by atoms with Gasteiger partial charge in [0.05, 0.1) is 11.5 Å². The Morgan fingerprint density at radius 1 is 1.47 bits per heavy atom. The second-order valence-electron chi connectivity index (χ2n) is 3.60. The summed E-state index contributed by atoms with van der Waals surface area (Å²) >= 11 is 0. The van der Waals surface area contributed by atoms with Crippen LogP contribution in [0.3, 0.4) is 0 Å². The van der Waals surface area contributed by atoms with Crippen molar-refractivity contribution < 1.29 is 19.6 Å². The molecule has 1 atom stereocenters. The number of esters is 1. The number of nitro benzene ring substituents is 1. The average molecular weight is 239 g/mol. The maximum absolute atomic E-state index is 11.5. The van der Waals surface area contributed by atoms with E-state index in [0.717, 1.165) is 0 Å². The van der Waals surface area contributed by atoms with E-state index < -0.39 is 16.5 Å². The maximum atomic E-state index is 11.5. The number of carbonyl (C=O) groups is 1. The van der Waals surface area contributed by atoms with Crippen LogP contribution in [-0.4, -0.2) is 22.6 Å². The van der Waals surface area contributed by atoms with Gasteiger partial charge in [0, 0.05) is 12.1 Å². The van der Waals surface area contributed by atoms with E-state index in [2.05, 4.69) is 0 Å². The van der Waals surface area contributed by atoms with Gasteiger partial charge in [0.25, 0.3) is 5.69 Å². The SMILES string of the molecule is CCOC(=O)C(C)(O)c1ccc([N+](=O)[O-])cc1. The molecule has 1 rings (SSSR count).